The third-order valence-corrected chi connectivity index (χ3v) is 2.18. The molecule has 3 heteroatoms. The van der Waals surface area contributed by atoms with Crippen molar-refractivity contribution in [2.75, 3.05) is 0 Å². The lowest BCUT2D eigenvalue weighted by Gasteiger charge is -2.25. The van der Waals surface area contributed by atoms with Crippen molar-refractivity contribution in [3.8, 4) is 0 Å². The molecule has 1 aliphatic rings. The van der Waals surface area contributed by atoms with E-state index in [-0.39, 0.29) is 0 Å². The van der Waals surface area contributed by atoms with Crippen LogP contribution in [0.3, 0.4) is 0 Å². The summed E-state index contributed by atoms with van der Waals surface area (Å²) < 4.78 is 0. The molecule has 1 rings (SSSR count). The molecule has 0 radical (unpaired) electrons. The van der Waals surface area contributed by atoms with Crippen molar-refractivity contribution < 1.29 is 0 Å². The zero-order valence-electron chi connectivity index (χ0n) is 6.43. The third kappa shape index (κ3) is 1.97. The van der Waals surface area contributed by atoms with Gasteiger partial charge in [-0.2, -0.15) is 5.53 Å². The van der Waals surface area contributed by atoms with Gasteiger partial charge in [0.05, 0.1) is 0 Å². The highest BCUT2D eigenvalue weighted by atomic mass is 15.4. The molecule has 0 bridgehead atoms. The third-order valence-electron chi connectivity index (χ3n) is 2.18. The quantitative estimate of drug-likeness (QED) is 0.449. The van der Waals surface area contributed by atoms with E-state index in [0.717, 1.165) is 5.92 Å². The molecule has 3 nitrogen and oxygen atoms in total. The largest absolute Gasteiger partial charge is 0.289 e. The van der Waals surface area contributed by atoms with Gasteiger partial charge in [-0.3, -0.25) is 5.43 Å². The molecule has 58 valence electrons. The van der Waals surface area contributed by atoms with Gasteiger partial charge in [-0.25, -0.2) is 0 Å². The first-order valence-electron chi connectivity index (χ1n) is 3.95. The molecule has 1 fully saturated rings. The van der Waals surface area contributed by atoms with Gasteiger partial charge in [0.25, 0.3) is 0 Å². The van der Waals surface area contributed by atoms with Crippen LogP contribution in [0.25, 0.3) is 0 Å². The van der Waals surface area contributed by atoms with E-state index in [9.17, 15) is 0 Å². The van der Waals surface area contributed by atoms with Crippen LogP contribution in [0, 0.1) is 11.4 Å². The first-order valence-corrected chi connectivity index (χ1v) is 3.95. The van der Waals surface area contributed by atoms with Crippen LogP contribution in [0.5, 0.6) is 0 Å². The fourth-order valence-corrected chi connectivity index (χ4v) is 1.64. The Hall–Kier alpha value is -0.600. The van der Waals surface area contributed by atoms with Crippen molar-refractivity contribution in [3.05, 3.63) is 0 Å². The molecule has 0 heterocycles. The van der Waals surface area contributed by atoms with Crippen LogP contribution in [0.15, 0.2) is 5.22 Å². The molecule has 2 N–H and O–H groups in total. The zero-order chi connectivity index (χ0) is 7.40. The molecule has 0 aromatic carbocycles. The SMILES string of the molecule is C[C@H]1CCC[C@@H](NN=N)C1. The van der Waals surface area contributed by atoms with Crippen LogP contribution in [0.2, 0.25) is 0 Å². The fraction of sp³-hybridized carbons (Fsp3) is 1.00. The molecule has 0 unspecified atom stereocenters. The van der Waals surface area contributed by atoms with E-state index in [4.69, 9.17) is 5.53 Å². The molecular formula is C7H15N3. The van der Waals surface area contributed by atoms with Gasteiger partial charge < -0.3 is 0 Å². The summed E-state index contributed by atoms with van der Waals surface area (Å²) in [5.74, 6) is 0.813. The Balaban J connectivity index is 2.24. The van der Waals surface area contributed by atoms with Gasteiger partial charge >= 0.3 is 0 Å². The van der Waals surface area contributed by atoms with E-state index in [1.54, 1.807) is 0 Å². The fourth-order valence-electron chi connectivity index (χ4n) is 1.64. The van der Waals surface area contributed by atoms with Gasteiger partial charge in [-0.1, -0.05) is 25.0 Å². The predicted molar refractivity (Wildman–Crippen MR) is 39.7 cm³/mol. The standard InChI is InChI=1S/C7H15N3/c1-6-3-2-4-7(5-6)9-10-8/h6-7H,2-5H2,1H3,(H2,8,9)/t6-,7+/m0/s1. The van der Waals surface area contributed by atoms with Gasteiger partial charge in [-0.05, 0) is 18.8 Å². The summed E-state index contributed by atoms with van der Waals surface area (Å²) >= 11 is 0. The molecule has 0 spiro atoms. The van der Waals surface area contributed by atoms with Crippen molar-refractivity contribution >= 4 is 0 Å². The molecular weight excluding hydrogens is 126 g/mol. The molecule has 0 saturated heterocycles. The highest BCUT2D eigenvalue weighted by Crippen LogP contribution is 2.23. The summed E-state index contributed by atoms with van der Waals surface area (Å²) in [4.78, 5) is 0. The number of hydrogen-bond acceptors (Lipinski definition) is 2. The van der Waals surface area contributed by atoms with Crippen molar-refractivity contribution in [3.63, 3.8) is 0 Å². The number of nitrogens with zero attached hydrogens (tertiary/aromatic N) is 1. The Kier molecular flexibility index (Phi) is 2.66. The lowest BCUT2D eigenvalue weighted by Crippen LogP contribution is -2.29. The first kappa shape index (κ1) is 7.51. The van der Waals surface area contributed by atoms with Crippen LogP contribution >= 0.6 is 0 Å². The minimum atomic E-state index is 0.473. The lowest BCUT2D eigenvalue weighted by molar-refractivity contribution is 0.299. The van der Waals surface area contributed by atoms with E-state index in [2.05, 4.69) is 17.6 Å². The summed E-state index contributed by atoms with van der Waals surface area (Å²) in [5, 5.41) is 3.19. The molecule has 1 saturated carbocycles. The van der Waals surface area contributed by atoms with E-state index < -0.39 is 0 Å². The second kappa shape index (κ2) is 3.54. The van der Waals surface area contributed by atoms with Gasteiger partial charge in [-0.15, -0.1) is 0 Å². The van der Waals surface area contributed by atoms with Crippen molar-refractivity contribution in [1.29, 1.82) is 5.53 Å². The summed E-state index contributed by atoms with van der Waals surface area (Å²) in [6, 6.07) is 0.473. The second-order valence-corrected chi connectivity index (χ2v) is 3.21. The molecule has 2 atom stereocenters. The summed E-state index contributed by atoms with van der Waals surface area (Å²) in [5.41, 5.74) is 9.43. The summed E-state index contributed by atoms with van der Waals surface area (Å²) in [7, 11) is 0. The molecule has 0 amide bonds. The van der Waals surface area contributed by atoms with Gasteiger partial charge in [0.1, 0.15) is 0 Å². The monoisotopic (exact) mass is 141 g/mol. The van der Waals surface area contributed by atoms with E-state index in [1.165, 1.54) is 25.7 Å². The van der Waals surface area contributed by atoms with Gasteiger partial charge in [0.2, 0.25) is 0 Å². The van der Waals surface area contributed by atoms with Crippen LogP contribution in [-0.4, -0.2) is 6.04 Å². The second-order valence-electron chi connectivity index (χ2n) is 3.21. The van der Waals surface area contributed by atoms with E-state index in [0.29, 0.717) is 6.04 Å². The minimum absolute atomic E-state index is 0.473. The van der Waals surface area contributed by atoms with Crippen LogP contribution < -0.4 is 5.43 Å². The Morgan fingerprint density at radius 1 is 1.50 bits per heavy atom. The highest BCUT2D eigenvalue weighted by Gasteiger charge is 2.17. The van der Waals surface area contributed by atoms with Crippen LogP contribution in [-0.2, 0) is 0 Å². The smallest absolute Gasteiger partial charge is 0.0459 e. The number of nitrogens with one attached hydrogen (secondary N) is 2. The van der Waals surface area contributed by atoms with Crippen LogP contribution in [0.1, 0.15) is 32.6 Å². The van der Waals surface area contributed by atoms with Crippen molar-refractivity contribution in [2.45, 2.75) is 38.6 Å². The molecule has 1 aliphatic carbocycles. The van der Waals surface area contributed by atoms with E-state index >= 15 is 0 Å². The molecule has 10 heavy (non-hydrogen) atoms. The molecule has 0 aliphatic heterocycles. The maximum atomic E-state index is 6.62. The topological polar surface area (TPSA) is 48.2 Å². The molecule has 0 aromatic rings. The number of hydrogen-bond donors (Lipinski definition) is 2. The number of rotatable bonds is 2. The lowest BCUT2D eigenvalue weighted by atomic mass is 9.87. The average Bonchev–Trinajstić information content (AvgIpc) is 1.88. The first-order chi connectivity index (χ1) is 4.83. The minimum Gasteiger partial charge on any atom is -0.289 e. The highest BCUT2D eigenvalue weighted by molar-refractivity contribution is 4.73. The van der Waals surface area contributed by atoms with Gasteiger partial charge in [0.15, 0.2) is 0 Å². The zero-order valence-corrected chi connectivity index (χ0v) is 6.43. The van der Waals surface area contributed by atoms with E-state index in [1.807, 2.05) is 0 Å². The Bertz CT molecular complexity index is 113. The maximum absolute atomic E-state index is 6.62. The Morgan fingerprint density at radius 2 is 2.30 bits per heavy atom. The maximum Gasteiger partial charge on any atom is 0.0459 e. The van der Waals surface area contributed by atoms with Crippen LogP contribution in [0.4, 0.5) is 0 Å². The van der Waals surface area contributed by atoms with Gasteiger partial charge in [0, 0.05) is 6.04 Å². The van der Waals surface area contributed by atoms with Crippen molar-refractivity contribution in [1.82, 2.24) is 5.43 Å². The summed E-state index contributed by atoms with van der Waals surface area (Å²) in [6.07, 6.45) is 5.00. The Morgan fingerprint density at radius 3 is 2.90 bits per heavy atom. The normalized spacial score (nSPS) is 33.3. The Labute approximate surface area is 61.7 Å². The van der Waals surface area contributed by atoms with Crippen molar-refractivity contribution in [2.24, 2.45) is 11.1 Å². The predicted octanol–water partition coefficient (Wildman–Crippen LogP) is 2.10. The summed E-state index contributed by atoms with van der Waals surface area (Å²) in [6.45, 7) is 2.26. The average molecular weight is 141 g/mol. The molecule has 0 aromatic heterocycles.